The summed E-state index contributed by atoms with van der Waals surface area (Å²) in [4.78, 5) is 25.4. The van der Waals surface area contributed by atoms with E-state index in [0.717, 1.165) is 16.5 Å². The molecule has 0 aliphatic carbocycles. The summed E-state index contributed by atoms with van der Waals surface area (Å²) in [6.07, 6.45) is 2.94. The lowest BCUT2D eigenvalue weighted by Crippen LogP contribution is -2.08. The lowest BCUT2D eigenvalue weighted by Gasteiger charge is -2.00. The number of rotatable bonds is 2. The van der Waals surface area contributed by atoms with Crippen LogP contribution in [0, 0.1) is 6.92 Å². The van der Waals surface area contributed by atoms with Crippen LogP contribution in [0.15, 0.2) is 35.1 Å². The highest BCUT2D eigenvalue weighted by Crippen LogP contribution is 2.13. The van der Waals surface area contributed by atoms with Gasteiger partial charge in [-0.2, -0.15) is 0 Å². The number of benzene rings is 1. The fraction of sp³-hybridized carbons (Fsp3) is 0.143. The smallest absolute Gasteiger partial charge is 0.255 e. The number of H-pyrrole nitrogens is 1. The van der Waals surface area contributed by atoms with Gasteiger partial charge in [0.2, 0.25) is 0 Å². The van der Waals surface area contributed by atoms with E-state index in [1.54, 1.807) is 12.1 Å². The molecule has 17 heavy (non-hydrogen) atoms. The molecule has 0 spiro atoms. The normalized spacial score (nSPS) is 11.2. The van der Waals surface area contributed by atoms with Gasteiger partial charge in [0.25, 0.3) is 5.56 Å². The lowest BCUT2D eigenvalue weighted by molar-refractivity contribution is -0.112. The Balaban J connectivity index is 2.61. The number of carbonyl (C=O) groups is 1. The van der Waals surface area contributed by atoms with Gasteiger partial charge in [0.15, 0.2) is 5.78 Å². The van der Waals surface area contributed by atoms with Crippen LogP contribution in [0.4, 0.5) is 0 Å². The van der Waals surface area contributed by atoms with Gasteiger partial charge in [-0.05, 0) is 49.6 Å². The van der Waals surface area contributed by atoms with Gasteiger partial charge in [-0.1, -0.05) is 11.6 Å². The molecular formula is C14H13NO2. The minimum atomic E-state index is -0.182. The predicted octanol–water partition coefficient (Wildman–Crippen LogP) is 2.44. The number of allylic oxidation sites excluding steroid dienone is 1. The van der Waals surface area contributed by atoms with Crippen LogP contribution in [0.3, 0.4) is 0 Å². The average molecular weight is 227 g/mol. The number of fused-ring (bicyclic) bond motifs is 1. The van der Waals surface area contributed by atoms with E-state index in [1.165, 1.54) is 13.0 Å². The highest BCUT2D eigenvalue weighted by molar-refractivity contribution is 5.92. The summed E-state index contributed by atoms with van der Waals surface area (Å²) in [7, 11) is 0. The lowest BCUT2D eigenvalue weighted by atomic mass is 10.1. The maximum absolute atomic E-state index is 11.7. The minimum Gasteiger partial charge on any atom is -0.321 e. The number of ketones is 1. The molecule has 0 saturated carbocycles. The number of pyridine rings is 1. The van der Waals surface area contributed by atoms with Crippen LogP contribution in [0.5, 0.6) is 0 Å². The van der Waals surface area contributed by atoms with Gasteiger partial charge in [-0.3, -0.25) is 9.59 Å². The molecule has 0 unspecified atom stereocenters. The van der Waals surface area contributed by atoms with Crippen molar-refractivity contribution in [3.8, 4) is 0 Å². The Morgan fingerprint density at radius 2 is 2.06 bits per heavy atom. The molecule has 3 heteroatoms. The second-order valence-corrected chi connectivity index (χ2v) is 4.09. The zero-order valence-electron chi connectivity index (χ0n) is 9.78. The quantitative estimate of drug-likeness (QED) is 0.801. The molecule has 0 saturated heterocycles. The van der Waals surface area contributed by atoms with Gasteiger partial charge < -0.3 is 4.98 Å². The fourth-order valence-electron chi connectivity index (χ4n) is 1.67. The molecule has 0 amide bonds. The van der Waals surface area contributed by atoms with E-state index in [-0.39, 0.29) is 11.3 Å². The molecule has 2 aromatic rings. The highest BCUT2D eigenvalue weighted by atomic mass is 16.1. The standard InChI is InChI=1S/C14H13NO2/c1-9-3-6-13-12(7-9)8-11(14(17)15-13)5-4-10(2)16/h3-8H,1-2H3,(H,15,17)/b5-4+. The van der Waals surface area contributed by atoms with Crippen molar-refractivity contribution in [3.05, 3.63) is 51.8 Å². The van der Waals surface area contributed by atoms with Crippen LogP contribution < -0.4 is 5.56 Å². The van der Waals surface area contributed by atoms with Crippen molar-refractivity contribution in [1.29, 1.82) is 0 Å². The Labute approximate surface area is 98.8 Å². The first kappa shape index (κ1) is 11.3. The molecule has 0 atom stereocenters. The van der Waals surface area contributed by atoms with Crippen LogP contribution in [-0.2, 0) is 4.79 Å². The van der Waals surface area contributed by atoms with E-state index in [0.29, 0.717) is 5.56 Å². The number of carbonyl (C=O) groups excluding carboxylic acids is 1. The van der Waals surface area contributed by atoms with E-state index in [4.69, 9.17) is 0 Å². The molecule has 0 radical (unpaired) electrons. The molecule has 1 heterocycles. The summed E-state index contributed by atoms with van der Waals surface area (Å²) < 4.78 is 0. The number of aromatic nitrogens is 1. The number of aryl methyl sites for hydroxylation is 1. The Hall–Kier alpha value is -2.16. The maximum atomic E-state index is 11.7. The molecular weight excluding hydrogens is 214 g/mol. The Kier molecular flexibility index (Phi) is 2.91. The first-order valence-electron chi connectivity index (χ1n) is 5.38. The summed E-state index contributed by atoms with van der Waals surface area (Å²) in [6.45, 7) is 3.45. The molecule has 86 valence electrons. The van der Waals surface area contributed by atoms with Gasteiger partial charge in [0.1, 0.15) is 0 Å². The molecule has 0 aliphatic heterocycles. The summed E-state index contributed by atoms with van der Waals surface area (Å²) in [5.41, 5.74) is 2.25. The Morgan fingerprint density at radius 3 is 2.76 bits per heavy atom. The van der Waals surface area contributed by atoms with Crippen LogP contribution in [-0.4, -0.2) is 10.8 Å². The molecule has 0 aliphatic rings. The van der Waals surface area contributed by atoms with Crippen LogP contribution in [0.2, 0.25) is 0 Å². The van der Waals surface area contributed by atoms with Crippen molar-refractivity contribution in [2.75, 3.05) is 0 Å². The molecule has 0 fully saturated rings. The highest BCUT2D eigenvalue weighted by Gasteiger charge is 2.00. The zero-order valence-corrected chi connectivity index (χ0v) is 9.78. The minimum absolute atomic E-state index is 0.0752. The first-order chi connectivity index (χ1) is 8.06. The van der Waals surface area contributed by atoms with Crippen LogP contribution >= 0.6 is 0 Å². The SMILES string of the molecule is CC(=O)/C=C/c1cc2cc(C)ccc2[nH]c1=O. The van der Waals surface area contributed by atoms with Crippen molar-refractivity contribution in [1.82, 2.24) is 4.98 Å². The van der Waals surface area contributed by atoms with Crippen molar-refractivity contribution in [2.45, 2.75) is 13.8 Å². The summed E-state index contributed by atoms with van der Waals surface area (Å²) in [5.74, 6) is -0.0752. The molecule has 3 nitrogen and oxygen atoms in total. The van der Waals surface area contributed by atoms with Crippen molar-refractivity contribution < 1.29 is 4.79 Å². The van der Waals surface area contributed by atoms with Crippen molar-refractivity contribution in [3.63, 3.8) is 0 Å². The summed E-state index contributed by atoms with van der Waals surface area (Å²) in [5, 5.41) is 0.966. The number of hydrogen-bond donors (Lipinski definition) is 1. The van der Waals surface area contributed by atoms with E-state index in [1.807, 2.05) is 25.1 Å². The summed E-state index contributed by atoms with van der Waals surface area (Å²) in [6, 6.07) is 7.62. The van der Waals surface area contributed by atoms with Gasteiger partial charge >= 0.3 is 0 Å². The van der Waals surface area contributed by atoms with E-state index in [2.05, 4.69) is 4.98 Å². The van der Waals surface area contributed by atoms with E-state index in [9.17, 15) is 9.59 Å². The predicted molar refractivity (Wildman–Crippen MR) is 69.0 cm³/mol. The van der Waals surface area contributed by atoms with Crippen molar-refractivity contribution >= 4 is 22.8 Å². The topological polar surface area (TPSA) is 49.9 Å². The van der Waals surface area contributed by atoms with Gasteiger partial charge in [-0.15, -0.1) is 0 Å². The van der Waals surface area contributed by atoms with Crippen LogP contribution in [0.25, 0.3) is 17.0 Å². The second-order valence-electron chi connectivity index (χ2n) is 4.09. The molecule has 2 rings (SSSR count). The number of nitrogens with one attached hydrogen (secondary N) is 1. The molecule has 1 N–H and O–H groups in total. The molecule has 0 bridgehead atoms. The van der Waals surface area contributed by atoms with E-state index >= 15 is 0 Å². The zero-order chi connectivity index (χ0) is 12.4. The van der Waals surface area contributed by atoms with Gasteiger partial charge in [0, 0.05) is 11.1 Å². The monoisotopic (exact) mass is 227 g/mol. The molecule has 1 aromatic carbocycles. The second kappa shape index (κ2) is 4.37. The third-order valence-electron chi connectivity index (χ3n) is 2.53. The largest absolute Gasteiger partial charge is 0.321 e. The third-order valence-corrected chi connectivity index (χ3v) is 2.53. The van der Waals surface area contributed by atoms with Gasteiger partial charge in [0.05, 0.1) is 0 Å². The van der Waals surface area contributed by atoms with Crippen molar-refractivity contribution in [2.24, 2.45) is 0 Å². The maximum Gasteiger partial charge on any atom is 0.255 e. The fourth-order valence-corrected chi connectivity index (χ4v) is 1.67. The Morgan fingerprint density at radius 1 is 1.29 bits per heavy atom. The first-order valence-corrected chi connectivity index (χ1v) is 5.38. The summed E-state index contributed by atoms with van der Waals surface area (Å²) >= 11 is 0. The number of aromatic amines is 1. The average Bonchev–Trinajstić information content (AvgIpc) is 2.26. The van der Waals surface area contributed by atoms with E-state index < -0.39 is 0 Å². The Bertz CT molecular complexity index is 665. The number of hydrogen-bond acceptors (Lipinski definition) is 2. The van der Waals surface area contributed by atoms with Crippen LogP contribution in [0.1, 0.15) is 18.1 Å². The molecule has 1 aromatic heterocycles. The van der Waals surface area contributed by atoms with Gasteiger partial charge in [-0.25, -0.2) is 0 Å². The third kappa shape index (κ3) is 2.50.